The number of nitro groups is 1. The number of benzene rings is 1. The molecule has 0 bridgehead atoms. The van der Waals surface area contributed by atoms with Gasteiger partial charge in [0.2, 0.25) is 0 Å². The van der Waals surface area contributed by atoms with E-state index in [-0.39, 0.29) is 11.8 Å². The van der Waals surface area contributed by atoms with Crippen LogP contribution in [0, 0.1) is 10.1 Å². The molecule has 0 fully saturated rings. The van der Waals surface area contributed by atoms with Crippen molar-refractivity contribution in [2.45, 2.75) is 31.3 Å². The van der Waals surface area contributed by atoms with Crippen LogP contribution in [0.3, 0.4) is 0 Å². The molecule has 7 nitrogen and oxygen atoms in total. The van der Waals surface area contributed by atoms with Crippen LogP contribution in [0.1, 0.15) is 20.8 Å². The van der Waals surface area contributed by atoms with E-state index in [9.17, 15) is 14.9 Å². The molecule has 1 rings (SSSR count). The van der Waals surface area contributed by atoms with Crippen molar-refractivity contribution in [2.24, 2.45) is 0 Å². The number of non-ortho nitro benzene ring substituents is 1. The largest absolute Gasteiger partial charge is 0.444 e. The zero-order valence-electron chi connectivity index (χ0n) is 13.2. The highest BCUT2D eigenvalue weighted by Gasteiger charge is 2.19. The second-order valence-corrected chi connectivity index (χ2v) is 6.61. The quantitative estimate of drug-likeness (QED) is 0.374. The van der Waals surface area contributed by atoms with Gasteiger partial charge in [0.25, 0.3) is 5.69 Å². The average molecular weight is 327 g/mol. The molecule has 1 N–H and O–H groups in total. The number of carbonyl (C=O) groups is 1. The molecule has 0 aliphatic heterocycles. The van der Waals surface area contributed by atoms with E-state index in [0.29, 0.717) is 13.1 Å². The fourth-order valence-electron chi connectivity index (χ4n) is 1.41. The predicted molar refractivity (Wildman–Crippen MR) is 85.8 cm³/mol. The molecule has 0 atom stereocenters. The Hall–Kier alpha value is -1.80. The molecule has 122 valence electrons. The summed E-state index contributed by atoms with van der Waals surface area (Å²) in [7, 11) is 1.67. The molecule has 22 heavy (non-hydrogen) atoms. The van der Waals surface area contributed by atoms with E-state index >= 15 is 0 Å². The van der Waals surface area contributed by atoms with E-state index in [4.69, 9.17) is 4.74 Å². The van der Waals surface area contributed by atoms with E-state index in [1.54, 1.807) is 19.2 Å². The first-order valence-electron chi connectivity index (χ1n) is 6.77. The van der Waals surface area contributed by atoms with E-state index < -0.39 is 10.5 Å². The third kappa shape index (κ3) is 6.77. The van der Waals surface area contributed by atoms with Gasteiger partial charge < -0.3 is 9.64 Å². The van der Waals surface area contributed by atoms with Crippen molar-refractivity contribution in [3.05, 3.63) is 34.4 Å². The van der Waals surface area contributed by atoms with Gasteiger partial charge in [-0.3, -0.25) is 14.8 Å². The number of likely N-dealkylation sites (N-methyl/N-ethyl adjacent to an activating group) is 1. The monoisotopic (exact) mass is 327 g/mol. The van der Waals surface area contributed by atoms with Crippen LogP contribution in [0.25, 0.3) is 0 Å². The number of hydrogen-bond acceptors (Lipinski definition) is 6. The zero-order valence-corrected chi connectivity index (χ0v) is 14.0. The van der Waals surface area contributed by atoms with Crippen LogP contribution >= 0.6 is 11.9 Å². The SMILES string of the molecule is CN(CCNSc1ccc([N+](=O)[O-])cc1)C(=O)OC(C)(C)C. The van der Waals surface area contributed by atoms with Gasteiger partial charge in [0.05, 0.1) is 4.92 Å². The number of hydrogen-bond donors (Lipinski definition) is 1. The van der Waals surface area contributed by atoms with Gasteiger partial charge in [0.15, 0.2) is 0 Å². The Balaban J connectivity index is 2.30. The first-order valence-corrected chi connectivity index (χ1v) is 7.59. The van der Waals surface area contributed by atoms with Crippen LogP contribution in [0.15, 0.2) is 29.2 Å². The van der Waals surface area contributed by atoms with E-state index in [1.165, 1.54) is 29.0 Å². The Labute approximate surface area is 134 Å². The van der Waals surface area contributed by atoms with Crippen molar-refractivity contribution in [3.63, 3.8) is 0 Å². The van der Waals surface area contributed by atoms with E-state index in [1.807, 2.05) is 20.8 Å². The second-order valence-electron chi connectivity index (χ2n) is 5.65. The zero-order chi connectivity index (χ0) is 16.8. The molecule has 0 heterocycles. The Morgan fingerprint density at radius 2 is 1.95 bits per heavy atom. The predicted octanol–water partition coefficient (Wildman–Crippen LogP) is 3.06. The topological polar surface area (TPSA) is 84.7 Å². The fraction of sp³-hybridized carbons (Fsp3) is 0.500. The van der Waals surface area contributed by atoms with Crippen LogP contribution in [0.2, 0.25) is 0 Å². The summed E-state index contributed by atoms with van der Waals surface area (Å²) >= 11 is 1.36. The Bertz CT molecular complexity index is 514. The minimum atomic E-state index is -0.508. The molecule has 0 radical (unpaired) electrons. The third-order valence-corrected chi connectivity index (χ3v) is 3.35. The van der Waals surface area contributed by atoms with Gasteiger partial charge in [-0.1, -0.05) is 0 Å². The lowest BCUT2D eigenvalue weighted by molar-refractivity contribution is -0.384. The van der Waals surface area contributed by atoms with Crippen LogP contribution in [-0.2, 0) is 4.74 Å². The van der Waals surface area contributed by atoms with Gasteiger partial charge >= 0.3 is 6.09 Å². The summed E-state index contributed by atoms with van der Waals surface area (Å²) in [5.74, 6) is 0. The number of nitrogens with one attached hydrogen (secondary N) is 1. The lowest BCUT2D eigenvalue weighted by atomic mass is 10.2. The summed E-state index contributed by atoms with van der Waals surface area (Å²) in [6.07, 6.45) is -0.366. The van der Waals surface area contributed by atoms with Crippen molar-refractivity contribution in [3.8, 4) is 0 Å². The van der Waals surface area contributed by atoms with Crippen molar-refractivity contribution in [2.75, 3.05) is 20.1 Å². The normalized spacial score (nSPS) is 11.1. The van der Waals surface area contributed by atoms with Crippen molar-refractivity contribution < 1.29 is 14.5 Å². The molecule has 0 saturated carbocycles. The number of ether oxygens (including phenoxy) is 1. The van der Waals surface area contributed by atoms with Crippen molar-refractivity contribution in [1.29, 1.82) is 0 Å². The molecular formula is C14H21N3O4S. The minimum Gasteiger partial charge on any atom is -0.444 e. The molecule has 0 aromatic heterocycles. The first-order chi connectivity index (χ1) is 10.2. The Kier molecular flexibility index (Phi) is 6.63. The highest BCUT2D eigenvalue weighted by molar-refractivity contribution is 7.97. The average Bonchev–Trinajstić information content (AvgIpc) is 2.42. The molecule has 0 aliphatic carbocycles. The third-order valence-electron chi connectivity index (χ3n) is 2.49. The van der Waals surface area contributed by atoms with Gasteiger partial charge in [-0.25, -0.2) is 4.79 Å². The number of rotatable bonds is 6. The highest BCUT2D eigenvalue weighted by Crippen LogP contribution is 2.18. The molecule has 0 unspecified atom stereocenters. The summed E-state index contributed by atoms with van der Waals surface area (Å²) in [6, 6.07) is 6.26. The summed E-state index contributed by atoms with van der Waals surface area (Å²) in [4.78, 5) is 24.2. The number of carbonyl (C=O) groups excluding carboxylic acids is 1. The molecule has 0 spiro atoms. The van der Waals surface area contributed by atoms with Crippen LogP contribution in [0.4, 0.5) is 10.5 Å². The van der Waals surface area contributed by atoms with Crippen LogP contribution in [-0.4, -0.2) is 41.7 Å². The summed E-state index contributed by atoms with van der Waals surface area (Å²) in [6.45, 7) is 6.52. The Morgan fingerprint density at radius 3 is 2.45 bits per heavy atom. The fourth-order valence-corrected chi connectivity index (χ4v) is 2.05. The maximum absolute atomic E-state index is 11.7. The lowest BCUT2D eigenvalue weighted by Gasteiger charge is -2.24. The lowest BCUT2D eigenvalue weighted by Crippen LogP contribution is -2.37. The van der Waals surface area contributed by atoms with E-state index in [2.05, 4.69) is 4.72 Å². The van der Waals surface area contributed by atoms with Gasteiger partial charge in [-0.05, 0) is 44.9 Å². The highest BCUT2D eigenvalue weighted by atomic mass is 32.2. The van der Waals surface area contributed by atoms with Crippen LogP contribution < -0.4 is 4.72 Å². The molecule has 0 saturated heterocycles. The molecule has 1 aromatic carbocycles. The van der Waals surface area contributed by atoms with E-state index in [0.717, 1.165) is 4.90 Å². The summed E-state index contributed by atoms with van der Waals surface area (Å²) < 4.78 is 8.34. The second kappa shape index (κ2) is 8.00. The van der Waals surface area contributed by atoms with Gasteiger partial charge in [0.1, 0.15) is 5.60 Å². The maximum atomic E-state index is 11.7. The van der Waals surface area contributed by atoms with Gasteiger partial charge in [-0.2, -0.15) is 0 Å². The Morgan fingerprint density at radius 1 is 1.36 bits per heavy atom. The number of amides is 1. The number of nitro benzene ring substituents is 1. The summed E-state index contributed by atoms with van der Waals surface area (Å²) in [5.41, 5.74) is -0.444. The first kappa shape index (κ1) is 18.2. The van der Waals surface area contributed by atoms with Crippen molar-refractivity contribution in [1.82, 2.24) is 9.62 Å². The molecule has 8 heteroatoms. The minimum absolute atomic E-state index is 0.0639. The number of nitrogens with zero attached hydrogens (tertiary/aromatic N) is 2. The smallest absolute Gasteiger partial charge is 0.410 e. The summed E-state index contributed by atoms with van der Waals surface area (Å²) in [5, 5.41) is 10.5. The standard InChI is InChI=1S/C14H21N3O4S/c1-14(2,3)21-13(18)16(4)10-9-15-22-12-7-5-11(6-8-12)17(19)20/h5-8,15H,9-10H2,1-4H3. The van der Waals surface area contributed by atoms with Gasteiger partial charge in [0, 0.05) is 37.2 Å². The van der Waals surface area contributed by atoms with Crippen molar-refractivity contribution >= 4 is 23.7 Å². The molecule has 1 aromatic rings. The molecule has 0 aliphatic rings. The molecule has 1 amide bonds. The maximum Gasteiger partial charge on any atom is 0.410 e. The van der Waals surface area contributed by atoms with Crippen LogP contribution in [0.5, 0.6) is 0 Å². The molecular weight excluding hydrogens is 306 g/mol. The van der Waals surface area contributed by atoms with Gasteiger partial charge in [-0.15, -0.1) is 0 Å².